The van der Waals surface area contributed by atoms with Crippen LogP contribution in [0.5, 0.6) is 0 Å². The quantitative estimate of drug-likeness (QED) is 0.0350. The van der Waals surface area contributed by atoms with Crippen LogP contribution in [0.15, 0.2) is 0 Å². The minimum Gasteiger partial charge on any atom is -0.462 e. The molecule has 0 aromatic heterocycles. The second-order valence-corrected chi connectivity index (χ2v) is 17.3. The molecule has 6 nitrogen and oxygen atoms in total. The van der Waals surface area contributed by atoms with Crippen LogP contribution < -0.4 is 0 Å². The summed E-state index contributed by atoms with van der Waals surface area (Å²) < 4.78 is 16.7. The van der Waals surface area contributed by atoms with Crippen molar-refractivity contribution >= 4 is 17.9 Å². The number of ether oxygens (including phenoxy) is 3. The zero-order chi connectivity index (χ0) is 39.7. The lowest BCUT2D eigenvalue weighted by Gasteiger charge is -2.18. The average molecular weight is 765 g/mol. The van der Waals surface area contributed by atoms with Crippen molar-refractivity contribution in [2.45, 2.75) is 265 Å². The van der Waals surface area contributed by atoms with Crippen LogP contribution >= 0.6 is 0 Å². The Bertz CT molecular complexity index is 824. The molecule has 0 rings (SSSR count). The van der Waals surface area contributed by atoms with Crippen LogP contribution in [-0.2, 0) is 28.6 Å². The van der Waals surface area contributed by atoms with Crippen molar-refractivity contribution in [2.75, 3.05) is 13.2 Å². The Morgan fingerprint density at radius 3 is 0.907 bits per heavy atom. The smallest absolute Gasteiger partial charge is 0.306 e. The summed E-state index contributed by atoms with van der Waals surface area (Å²) in [5.41, 5.74) is 0. The maximum absolute atomic E-state index is 12.7. The first-order valence-corrected chi connectivity index (χ1v) is 23.7. The highest BCUT2D eigenvalue weighted by atomic mass is 16.6. The number of carbonyl (C=O) groups excluding carboxylic acids is 3. The summed E-state index contributed by atoms with van der Waals surface area (Å²) in [7, 11) is 0. The molecule has 0 aliphatic carbocycles. The Morgan fingerprint density at radius 1 is 0.352 bits per heavy atom. The fraction of sp³-hybridized carbons (Fsp3) is 0.938. The SMILES string of the molecule is CCCCCCCCCCCCC(=O)OC[C@@H](COC(=O)CCCCCCCCCCCCCCCCC(C)C)OC(=O)CCCCCCCCC(C)C. The zero-order valence-corrected chi connectivity index (χ0v) is 36.8. The average Bonchev–Trinajstić information content (AvgIpc) is 3.14. The molecule has 0 aliphatic heterocycles. The van der Waals surface area contributed by atoms with Crippen molar-refractivity contribution in [1.29, 1.82) is 0 Å². The predicted molar refractivity (Wildman–Crippen MR) is 229 cm³/mol. The first kappa shape index (κ1) is 52.4. The van der Waals surface area contributed by atoms with Gasteiger partial charge in [0.2, 0.25) is 0 Å². The van der Waals surface area contributed by atoms with Crippen LogP contribution in [0.1, 0.15) is 259 Å². The molecule has 0 bridgehead atoms. The normalized spacial score (nSPS) is 12.1. The molecule has 0 fully saturated rings. The van der Waals surface area contributed by atoms with Crippen molar-refractivity contribution in [3.8, 4) is 0 Å². The van der Waals surface area contributed by atoms with E-state index in [1.54, 1.807) is 0 Å². The van der Waals surface area contributed by atoms with E-state index >= 15 is 0 Å². The topological polar surface area (TPSA) is 78.9 Å². The van der Waals surface area contributed by atoms with Crippen molar-refractivity contribution < 1.29 is 28.6 Å². The minimum absolute atomic E-state index is 0.0654. The van der Waals surface area contributed by atoms with Crippen LogP contribution in [0, 0.1) is 11.8 Å². The first-order chi connectivity index (χ1) is 26.2. The third-order valence-electron chi connectivity index (χ3n) is 10.7. The molecule has 6 heteroatoms. The van der Waals surface area contributed by atoms with Crippen molar-refractivity contribution in [1.82, 2.24) is 0 Å². The van der Waals surface area contributed by atoms with Crippen LogP contribution in [0.4, 0.5) is 0 Å². The van der Waals surface area contributed by atoms with E-state index in [1.165, 1.54) is 148 Å². The highest BCUT2D eigenvalue weighted by molar-refractivity contribution is 5.71. The van der Waals surface area contributed by atoms with Crippen LogP contribution in [0.3, 0.4) is 0 Å². The monoisotopic (exact) mass is 765 g/mol. The summed E-state index contributed by atoms with van der Waals surface area (Å²) in [5.74, 6) is 0.743. The highest BCUT2D eigenvalue weighted by Gasteiger charge is 2.19. The van der Waals surface area contributed by atoms with Crippen molar-refractivity contribution in [3.05, 3.63) is 0 Å². The van der Waals surface area contributed by atoms with E-state index in [0.717, 1.165) is 69.6 Å². The Morgan fingerprint density at radius 2 is 0.611 bits per heavy atom. The van der Waals surface area contributed by atoms with Gasteiger partial charge in [0.25, 0.3) is 0 Å². The van der Waals surface area contributed by atoms with E-state index in [4.69, 9.17) is 14.2 Å². The molecular formula is C48H92O6. The van der Waals surface area contributed by atoms with Gasteiger partial charge in [-0.25, -0.2) is 0 Å². The molecule has 320 valence electrons. The Balaban J connectivity index is 4.23. The maximum Gasteiger partial charge on any atom is 0.306 e. The fourth-order valence-corrected chi connectivity index (χ4v) is 7.11. The Hall–Kier alpha value is -1.59. The molecule has 0 aromatic rings. The highest BCUT2D eigenvalue weighted by Crippen LogP contribution is 2.17. The summed E-state index contributed by atoms with van der Waals surface area (Å²) in [4.78, 5) is 37.7. The van der Waals surface area contributed by atoms with E-state index in [2.05, 4.69) is 34.6 Å². The number of esters is 3. The van der Waals surface area contributed by atoms with Gasteiger partial charge in [0.05, 0.1) is 0 Å². The summed E-state index contributed by atoms with van der Waals surface area (Å²) in [6.07, 6.45) is 39.6. The number of rotatable bonds is 42. The van der Waals surface area contributed by atoms with Gasteiger partial charge in [-0.05, 0) is 31.1 Å². The molecule has 0 amide bonds. The van der Waals surface area contributed by atoms with E-state index in [9.17, 15) is 14.4 Å². The van der Waals surface area contributed by atoms with Gasteiger partial charge in [-0.15, -0.1) is 0 Å². The molecule has 0 N–H and O–H groups in total. The number of hydrogen-bond acceptors (Lipinski definition) is 6. The zero-order valence-electron chi connectivity index (χ0n) is 36.8. The van der Waals surface area contributed by atoms with E-state index in [1.807, 2.05) is 0 Å². The first-order valence-electron chi connectivity index (χ1n) is 23.7. The molecule has 0 radical (unpaired) electrons. The third kappa shape index (κ3) is 41.6. The summed E-state index contributed by atoms with van der Waals surface area (Å²) in [6, 6.07) is 0. The second kappa shape index (κ2) is 41.1. The van der Waals surface area contributed by atoms with Crippen LogP contribution in [0.25, 0.3) is 0 Å². The van der Waals surface area contributed by atoms with Crippen LogP contribution in [0.2, 0.25) is 0 Å². The molecule has 0 spiro atoms. The molecule has 0 saturated carbocycles. The van der Waals surface area contributed by atoms with Crippen molar-refractivity contribution in [3.63, 3.8) is 0 Å². The summed E-state index contributed by atoms with van der Waals surface area (Å²) in [6.45, 7) is 11.3. The van der Waals surface area contributed by atoms with Gasteiger partial charge in [0.15, 0.2) is 6.10 Å². The predicted octanol–water partition coefficient (Wildman–Crippen LogP) is 15.0. The van der Waals surface area contributed by atoms with Gasteiger partial charge in [-0.3, -0.25) is 14.4 Å². The van der Waals surface area contributed by atoms with Crippen molar-refractivity contribution in [2.24, 2.45) is 11.8 Å². The van der Waals surface area contributed by atoms with Crippen LogP contribution in [-0.4, -0.2) is 37.2 Å². The number of unbranched alkanes of at least 4 members (excludes halogenated alkanes) is 27. The minimum atomic E-state index is -0.760. The molecule has 54 heavy (non-hydrogen) atoms. The fourth-order valence-electron chi connectivity index (χ4n) is 7.11. The number of carbonyl (C=O) groups is 3. The molecule has 0 aliphatic rings. The molecule has 0 heterocycles. The summed E-state index contributed by atoms with van der Waals surface area (Å²) in [5, 5.41) is 0. The Labute approximate surface area is 336 Å². The van der Waals surface area contributed by atoms with E-state index in [-0.39, 0.29) is 31.1 Å². The van der Waals surface area contributed by atoms with E-state index in [0.29, 0.717) is 19.3 Å². The molecular weight excluding hydrogens is 673 g/mol. The largest absolute Gasteiger partial charge is 0.462 e. The number of hydrogen-bond donors (Lipinski definition) is 0. The molecule has 0 unspecified atom stereocenters. The lowest BCUT2D eigenvalue weighted by Crippen LogP contribution is -2.30. The second-order valence-electron chi connectivity index (χ2n) is 17.3. The van der Waals surface area contributed by atoms with Gasteiger partial charge in [0, 0.05) is 19.3 Å². The third-order valence-corrected chi connectivity index (χ3v) is 10.7. The Kier molecular flexibility index (Phi) is 39.8. The maximum atomic E-state index is 12.7. The molecule has 1 atom stereocenters. The lowest BCUT2D eigenvalue weighted by atomic mass is 10.0. The summed E-state index contributed by atoms with van der Waals surface area (Å²) >= 11 is 0. The lowest BCUT2D eigenvalue weighted by molar-refractivity contribution is -0.167. The van der Waals surface area contributed by atoms with Gasteiger partial charge >= 0.3 is 17.9 Å². The van der Waals surface area contributed by atoms with Gasteiger partial charge in [0.1, 0.15) is 13.2 Å². The van der Waals surface area contributed by atoms with Gasteiger partial charge in [-0.1, -0.05) is 221 Å². The van der Waals surface area contributed by atoms with E-state index < -0.39 is 6.10 Å². The molecule has 0 saturated heterocycles. The van der Waals surface area contributed by atoms with Gasteiger partial charge < -0.3 is 14.2 Å². The molecule has 0 aromatic carbocycles. The standard InChI is InChI=1S/C48H92O6/c1-6-7-8-9-10-11-19-22-28-33-38-46(49)52-41-45(54-48(51)40-35-30-25-24-27-32-37-44(4)5)42-53-47(50)39-34-29-23-20-17-15-13-12-14-16-18-21-26-31-36-43(2)3/h43-45H,6-42H2,1-5H3/t45-/m0/s1. The van der Waals surface area contributed by atoms with Gasteiger partial charge in [-0.2, -0.15) is 0 Å².